The summed E-state index contributed by atoms with van der Waals surface area (Å²) in [6.07, 6.45) is 2.21. The number of hydrogen-bond acceptors (Lipinski definition) is 5. The minimum atomic E-state index is 0.413. The van der Waals surface area contributed by atoms with Crippen LogP contribution in [0.3, 0.4) is 0 Å². The van der Waals surface area contributed by atoms with Crippen LogP contribution in [0.25, 0.3) is 10.9 Å². The fraction of sp³-hybridized carbons (Fsp3) is 0.0588. The van der Waals surface area contributed by atoms with E-state index < -0.39 is 0 Å². The van der Waals surface area contributed by atoms with E-state index in [0.29, 0.717) is 45.6 Å². The fourth-order valence-electron chi connectivity index (χ4n) is 2.28. The van der Waals surface area contributed by atoms with Crippen molar-refractivity contribution in [2.24, 2.45) is 0 Å². The first kappa shape index (κ1) is 15.9. The van der Waals surface area contributed by atoms with Gasteiger partial charge >= 0.3 is 0 Å². The molecule has 0 bridgehead atoms. The molecule has 0 unspecified atom stereocenters. The van der Waals surface area contributed by atoms with Crippen molar-refractivity contribution in [1.82, 2.24) is 4.98 Å². The normalized spacial score (nSPS) is 10.4. The standard InChI is InChI=1S/C17H14ClN3O3/c1-23-17-8-14-11(7-15(17)21-9-22)16(4-5-20-14)24-10-2-3-13(19)12(18)6-10/h2-9H,19H2,1H3,(H,21,22). The van der Waals surface area contributed by atoms with Crippen molar-refractivity contribution in [3.05, 3.63) is 47.6 Å². The molecule has 2 aromatic carbocycles. The maximum absolute atomic E-state index is 10.8. The third-order valence-electron chi connectivity index (χ3n) is 3.44. The molecule has 3 rings (SSSR count). The number of aromatic nitrogens is 1. The van der Waals surface area contributed by atoms with Crippen molar-refractivity contribution in [3.8, 4) is 17.2 Å². The molecule has 1 aromatic heterocycles. The van der Waals surface area contributed by atoms with Gasteiger partial charge in [0.05, 0.1) is 29.0 Å². The van der Waals surface area contributed by atoms with Crippen molar-refractivity contribution in [2.45, 2.75) is 0 Å². The quantitative estimate of drug-likeness (QED) is 0.543. The van der Waals surface area contributed by atoms with Gasteiger partial charge < -0.3 is 20.5 Å². The van der Waals surface area contributed by atoms with Crippen LogP contribution >= 0.6 is 11.6 Å². The lowest BCUT2D eigenvalue weighted by atomic mass is 10.1. The Morgan fingerprint density at radius 1 is 1.21 bits per heavy atom. The number of carbonyl (C=O) groups excluding carboxylic acids is 1. The molecule has 3 aromatic rings. The van der Waals surface area contributed by atoms with Crippen LogP contribution in [-0.2, 0) is 4.79 Å². The molecular weight excluding hydrogens is 330 g/mol. The molecule has 0 saturated heterocycles. The molecule has 0 saturated carbocycles. The van der Waals surface area contributed by atoms with Crippen LogP contribution < -0.4 is 20.5 Å². The van der Waals surface area contributed by atoms with E-state index in [0.717, 1.165) is 5.39 Å². The molecule has 24 heavy (non-hydrogen) atoms. The van der Waals surface area contributed by atoms with Crippen molar-refractivity contribution in [1.29, 1.82) is 0 Å². The first-order valence-electron chi connectivity index (χ1n) is 7.02. The average molecular weight is 344 g/mol. The van der Waals surface area contributed by atoms with Crippen LogP contribution in [0.5, 0.6) is 17.2 Å². The minimum absolute atomic E-state index is 0.413. The van der Waals surface area contributed by atoms with Crippen LogP contribution in [0.1, 0.15) is 0 Å². The molecule has 0 aliphatic rings. The van der Waals surface area contributed by atoms with Gasteiger partial charge in [-0.25, -0.2) is 0 Å². The van der Waals surface area contributed by atoms with Crippen LogP contribution in [0.2, 0.25) is 5.02 Å². The van der Waals surface area contributed by atoms with E-state index in [1.165, 1.54) is 7.11 Å². The SMILES string of the molecule is COc1cc2nccc(Oc3ccc(N)c(Cl)c3)c2cc1NC=O. The van der Waals surface area contributed by atoms with Crippen molar-refractivity contribution in [2.75, 3.05) is 18.2 Å². The summed E-state index contributed by atoms with van der Waals surface area (Å²) < 4.78 is 11.2. The molecule has 6 nitrogen and oxygen atoms in total. The van der Waals surface area contributed by atoms with E-state index in [4.69, 9.17) is 26.8 Å². The van der Waals surface area contributed by atoms with Crippen molar-refractivity contribution in [3.63, 3.8) is 0 Å². The van der Waals surface area contributed by atoms with E-state index in [1.54, 1.807) is 42.6 Å². The predicted molar refractivity (Wildman–Crippen MR) is 93.9 cm³/mol. The molecule has 7 heteroatoms. The van der Waals surface area contributed by atoms with Gasteiger partial charge in [0, 0.05) is 23.7 Å². The number of halogens is 1. The summed E-state index contributed by atoms with van der Waals surface area (Å²) in [5.41, 5.74) is 7.37. The molecule has 1 amide bonds. The summed E-state index contributed by atoms with van der Waals surface area (Å²) in [5, 5.41) is 3.73. The number of anilines is 2. The largest absolute Gasteiger partial charge is 0.494 e. The molecule has 0 aliphatic heterocycles. The Balaban J connectivity index is 2.08. The van der Waals surface area contributed by atoms with Crippen LogP contribution in [0, 0.1) is 0 Å². The number of nitrogens with two attached hydrogens (primary N) is 1. The zero-order valence-electron chi connectivity index (χ0n) is 12.7. The van der Waals surface area contributed by atoms with E-state index >= 15 is 0 Å². The summed E-state index contributed by atoms with van der Waals surface area (Å²) in [4.78, 5) is 15.1. The highest BCUT2D eigenvalue weighted by atomic mass is 35.5. The summed E-state index contributed by atoms with van der Waals surface area (Å²) in [7, 11) is 1.52. The Hall–Kier alpha value is -2.99. The van der Waals surface area contributed by atoms with E-state index in [2.05, 4.69) is 10.3 Å². The molecule has 1 heterocycles. The lowest BCUT2D eigenvalue weighted by Gasteiger charge is -2.12. The van der Waals surface area contributed by atoms with Crippen LogP contribution in [0.4, 0.5) is 11.4 Å². The molecule has 0 fully saturated rings. The summed E-state index contributed by atoms with van der Waals surface area (Å²) in [6, 6.07) is 10.2. The highest BCUT2D eigenvalue weighted by molar-refractivity contribution is 6.33. The predicted octanol–water partition coefficient (Wildman–Crippen LogP) is 3.84. The van der Waals surface area contributed by atoms with Gasteiger partial charge in [0.2, 0.25) is 6.41 Å². The Morgan fingerprint density at radius 2 is 2.04 bits per heavy atom. The zero-order valence-corrected chi connectivity index (χ0v) is 13.5. The average Bonchev–Trinajstić information content (AvgIpc) is 2.58. The number of hydrogen-bond donors (Lipinski definition) is 2. The summed E-state index contributed by atoms with van der Waals surface area (Å²) in [6.45, 7) is 0. The number of nitrogens with zero attached hydrogens (tertiary/aromatic N) is 1. The number of nitrogens with one attached hydrogen (secondary N) is 1. The molecule has 0 radical (unpaired) electrons. The molecule has 122 valence electrons. The Kier molecular flexibility index (Phi) is 4.39. The number of benzene rings is 2. The highest BCUT2D eigenvalue weighted by Gasteiger charge is 2.11. The molecule has 3 N–H and O–H groups in total. The molecule has 0 aliphatic carbocycles. The third kappa shape index (κ3) is 3.04. The molecular formula is C17H14ClN3O3. The summed E-state index contributed by atoms with van der Waals surface area (Å²) in [5.74, 6) is 1.62. The number of carbonyl (C=O) groups is 1. The van der Waals surface area contributed by atoms with Gasteiger partial charge in [-0.2, -0.15) is 0 Å². The lowest BCUT2D eigenvalue weighted by molar-refractivity contribution is -0.105. The van der Waals surface area contributed by atoms with E-state index in [-0.39, 0.29) is 0 Å². The highest BCUT2D eigenvalue weighted by Crippen LogP contribution is 2.36. The second-order valence-electron chi connectivity index (χ2n) is 4.93. The van der Waals surface area contributed by atoms with E-state index in [1.807, 2.05) is 0 Å². The maximum atomic E-state index is 10.8. The number of pyridine rings is 1. The number of rotatable bonds is 5. The fourth-order valence-corrected chi connectivity index (χ4v) is 2.45. The number of ether oxygens (including phenoxy) is 2. The first-order chi connectivity index (χ1) is 11.6. The van der Waals surface area contributed by atoms with Crippen LogP contribution in [0.15, 0.2) is 42.6 Å². The van der Waals surface area contributed by atoms with Gasteiger partial charge in [-0.1, -0.05) is 11.6 Å². The van der Waals surface area contributed by atoms with Crippen molar-refractivity contribution >= 4 is 40.3 Å². The Bertz CT molecular complexity index is 915. The Morgan fingerprint density at radius 3 is 2.75 bits per heavy atom. The monoisotopic (exact) mass is 343 g/mol. The number of amides is 1. The second-order valence-corrected chi connectivity index (χ2v) is 5.33. The maximum Gasteiger partial charge on any atom is 0.211 e. The van der Waals surface area contributed by atoms with Crippen molar-refractivity contribution < 1.29 is 14.3 Å². The number of nitrogen functional groups attached to an aromatic ring is 1. The van der Waals surface area contributed by atoms with Gasteiger partial charge in [-0.3, -0.25) is 9.78 Å². The second kappa shape index (κ2) is 6.64. The summed E-state index contributed by atoms with van der Waals surface area (Å²) >= 11 is 6.02. The molecule has 0 spiro atoms. The number of methoxy groups -OCH3 is 1. The smallest absolute Gasteiger partial charge is 0.211 e. The van der Waals surface area contributed by atoms with Gasteiger partial charge in [0.1, 0.15) is 17.2 Å². The lowest BCUT2D eigenvalue weighted by Crippen LogP contribution is -1.98. The number of fused-ring (bicyclic) bond motifs is 1. The van der Waals surface area contributed by atoms with Gasteiger partial charge in [-0.15, -0.1) is 0 Å². The zero-order chi connectivity index (χ0) is 17.1. The topological polar surface area (TPSA) is 86.5 Å². The molecule has 0 atom stereocenters. The minimum Gasteiger partial charge on any atom is -0.494 e. The van der Waals surface area contributed by atoms with Gasteiger partial charge in [-0.05, 0) is 24.3 Å². The van der Waals surface area contributed by atoms with Crippen LogP contribution in [-0.4, -0.2) is 18.5 Å². The Labute approximate surface area is 143 Å². The van der Waals surface area contributed by atoms with Gasteiger partial charge in [0.15, 0.2) is 0 Å². The van der Waals surface area contributed by atoms with E-state index in [9.17, 15) is 4.79 Å². The first-order valence-corrected chi connectivity index (χ1v) is 7.40. The van der Waals surface area contributed by atoms with Gasteiger partial charge in [0.25, 0.3) is 0 Å². The third-order valence-corrected chi connectivity index (χ3v) is 3.76.